The summed E-state index contributed by atoms with van der Waals surface area (Å²) in [7, 11) is 0. The third-order valence-electron chi connectivity index (χ3n) is 4.16. The summed E-state index contributed by atoms with van der Waals surface area (Å²) in [5.74, 6) is 0.749. The Kier molecular flexibility index (Phi) is 5.96. The molecule has 1 aromatic heterocycles. The molecule has 0 atom stereocenters. The number of rotatable bonds is 5. The molecule has 2 rings (SSSR count). The Morgan fingerprint density at radius 2 is 1.86 bits per heavy atom. The minimum Gasteiger partial charge on any atom is -0.357 e. The largest absolute Gasteiger partial charge is 0.357 e. The fourth-order valence-corrected chi connectivity index (χ4v) is 2.87. The number of nitrogens with one attached hydrogen (secondary N) is 1. The summed E-state index contributed by atoms with van der Waals surface area (Å²) >= 11 is 0. The van der Waals surface area contributed by atoms with Crippen molar-refractivity contribution < 1.29 is 4.79 Å². The van der Waals surface area contributed by atoms with Gasteiger partial charge in [-0.15, -0.1) is 0 Å². The van der Waals surface area contributed by atoms with E-state index in [1.807, 2.05) is 0 Å². The van der Waals surface area contributed by atoms with Crippen molar-refractivity contribution in [3.8, 4) is 0 Å². The first-order valence-corrected chi connectivity index (χ1v) is 8.12. The van der Waals surface area contributed by atoms with Crippen LogP contribution in [0.5, 0.6) is 0 Å². The first-order chi connectivity index (χ1) is 10.2. The van der Waals surface area contributed by atoms with Crippen LogP contribution in [0, 0.1) is 0 Å². The molecule has 0 aromatic carbocycles. The van der Waals surface area contributed by atoms with Crippen LogP contribution < -0.4 is 10.2 Å². The molecule has 1 aromatic rings. The number of hydrogen-bond donors (Lipinski definition) is 1. The van der Waals surface area contributed by atoms with Gasteiger partial charge in [0.05, 0.1) is 0 Å². The molecule has 0 bridgehead atoms. The summed E-state index contributed by atoms with van der Waals surface area (Å²) in [4.78, 5) is 22.9. The number of anilines is 1. The lowest BCUT2D eigenvalue weighted by molar-refractivity contribution is 0.0928. The minimum atomic E-state index is -0.0716. The van der Waals surface area contributed by atoms with Crippen molar-refractivity contribution in [1.29, 1.82) is 0 Å². The van der Waals surface area contributed by atoms with Crippen LogP contribution in [0.15, 0.2) is 12.4 Å². The Labute approximate surface area is 127 Å². The van der Waals surface area contributed by atoms with Crippen molar-refractivity contribution in [2.24, 2.45) is 0 Å². The monoisotopic (exact) mass is 290 g/mol. The van der Waals surface area contributed by atoms with Gasteiger partial charge in [-0.25, -0.2) is 9.97 Å². The van der Waals surface area contributed by atoms with E-state index in [1.54, 1.807) is 6.07 Å². The van der Waals surface area contributed by atoms with Crippen LogP contribution in [0.1, 0.15) is 62.9 Å². The van der Waals surface area contributed by atoms with Crippen molar-refractivity contribution in [3.05, 3.63) is 18.1 Å². The van der Waals surface area contributed by atoms with Crippen molar-refractivity contribution in [2.75, 3.05) is 18.0 Å². The van der Waals surface area contributed by atoms with Gasteiger partial charge in [-0.05, 0) is 26.7 Å². The van der Waals surface area contributed by atoms with E-state index in [9.17, 15) is 4.79 Å². The fourth-order valence-electron chi connectivity index (χ4n) is 2.87. The highest BCUT2D eigenvalue weighted by Gasteiger charge is 2.17. The molecule has 0 aliphatic heterocycles. The van der Waals surface area contributed by atoms with Crippen LogP contribution in [0.25, 0.3) is 0 Å². The maximum Gasteiger partial charge on any atom is 0.270 e. The van der Waals surface area contributed by atoms with Gasteiger partial charge in [-0.1, -0.05) is 25.7 Å². The van der Waals surface area contributed by atoms with Gasteiger partial charge in [0.2, 0.25) is 0 Å². The Balaban J connectivity index is 2.03. The van der Waals surface area contributed by atoms with E-state index in [2.05, 4.69) is 34.0 Å². The molecule has 1 aliphatic rings. The first kappa shape index (κ1) is 15.7. The van der Waals surface area contributed by atoms with Crippen LogP contribution in [0.2, 0.25) is 0 Å². The number of hydrogen-bond acceptors (Lipinski definition) is 4. The van der Waals surface area contributed by atoms with E-state index < -0.39 is 0 Å². The van der Waals surface area contributed by atoms with Crippen molar-refractivity contribution in [3.63, 3.8) is 0 Å². The molecule has 116 valence electrons. The molecule has 1 N–H and O–H groups in total. The summed E-state index contributed by atoms with van der Waals surface area (Å²) in [6, 6.07) is 2.09. The van der Waals surface area contributed by atoms with Crippen LogP contribution in [-0.2, 0) is 0 Å². The lowest BCUT2D eigenvalue weighted by Crippen LogP contribution is -2.35. The smallest absolute Gasteiger partial charge is 0.270 e. The number of amides is 1. The molecule has 1 heterocycles. The highest BCUT2D eigenvalue weighted by Crippen LogP contribution is 2.18. The van der Waals surface area contributed by atoms with Gasteiger partial charge in [-0.2, -0.15) is 0 Å². The predicted molar refractivity (Wildman–Crippen MR) is 84.5 cm³/mol. The van der Waals surface area contributed by atoms with Crippen molar-refractivity contribution in [1.82, 2.24) is 15.3 Å². The van der Waals surface area contributed by atoms with E-state index in [-0.39, 0.29) is 5.91 Å². The van der Waals surface area contributed by atoms with Crippen LogP contribution in [-0.4, -0.2) is 35.0 Å². The van der Waals surface area contributed by atoms with Crippen molar-refractivity contribution >= 4 is 11.7 Å². The average Bonchev–Trinajstić information content (AvgIpc) is 2.77. The molecule has 0 spiro atoms. The standard InChI is InChI=1S/C16H26N4O/c1-3-20(4-2)15-11-14(17-12-18-15)16(21)19-13-9-7-5-6-8-10-13/h11-13H,3-10H2,1-2H3,(H,19,21). The summed E-state index contributed by atoms with van der Waals surface area (Å²) in [5, 5.41) is 3.13. The molecule has 0 saturated heterocycles. The number of aromatic nitrogens is 2. The van der Waals surface area contributed by atoms with Crippen LogP contribution in [0.3, 0.4) is 0 Å². The summed E-state index contributed by atoms with van der Waals surface area (Å²) in [6.45, 7) is 5.90. The summed E-state index contributed by atoms with van der Waals surface area (Å²) in [5.41, 5.74) is 0.469. The normalized spacial score (nSPS) is 16.3. The molecule has 1 aliphatic carbocycles. The lowest BCUT2D eigenvalue weighted by Gasteiger charge is -2.20. The number of nitrogens with zero attached hydrogens (tertiary/aromatic N) is 3. The van der Waals surface area contributed by atoms with E-state index >= 15 is 0 Å². The van der Waals surface area contributed by atoms with E-state index in [0.717, 1.165) is 31.7 Å². The van der Waals surface area contributed by atoms with Gasteiger partial charge in [0.1, 0.15) is 17.8 Å². The zero-order chi connectivity index (χ0) is 15.1. The molecule has 1 fully saturated rings. The molecule has 0 unspecified atom stereocenters. The minimum absolute atomic E-state index is 0.0716. The first-order valence-electron chi connectivity index (χ1n) is 8.12. The maximum absolute atomic E-state index is 12.4. The third kappa shape index (κ3) is 4.41. The maximum atomic E-state index is 12.4. The Bertz CT molecular complexity index is 451. The van der Waals surface area contributed by atoms with Gasteiger partial charge in [0.15, 0.2) is 0 Å². The second-order valence-electron chi connectivity index (χ2n) is 5.60. The SMILES string of the molecule is CCN(CC)c1cc(C(=O)NC2CCCCCC2)ncn1. The van der Waals surface area contributed by atoms with Crippen molar-refractivity contribution in [2.45, 2.75) is 58.4 Å². The van der Waals surface area contributed by atoms with Gasteiger partial charge >= 0.3 is 0 Å². The highest BCUT2D eigenvalue weighted by atomic mass is 16.1. The average molecular weight is 290 g/mol. The van der Waals surface area contributed by atoms with Gasteiger partial charge < -0.3 is 10.2 Å². The Morgan fingerprint density at radius 1 is 1.19 bits per heavy atom. The molecule has 1 amide bonds. The molecule has 5 nitrogen and oxygen atoms in total. The second-order valence-corrected chi connectivity index (χ2v) is 5.60. The zero-order valence-corrected chi connectivity index (χ0v) is 13.1. The molecule has 5 heteroatoms. The Morgan fingerprint density at radius 3 is 2.48 bits per heavy atom. The summed E-state index contributed by atoms with van der Waals surface area (Å²) in [6.07, 6.45) is 8.63. The van der Waals surface area contributed by atoms with E-state index in [0.29, 0.717) is 11.7 Å². The van der Waals surface area contributed by atoms with Gasteiger partial charge in [0.25, 0.3) is 5.91 Å². The van der Waals surface area contributed by atoms with E-state index in [4.69, 9.17) is 0 Å². The van der Waals surface area contributed by atoms with Gasteiger partial charge in [0, 0.05) is 25.2 Å². The zero-order valence-electron chi connectivity index (χ0n) is 13.1. The number of carbonyl (C=O) groups is 1. The third-order valence-corrected chi connectivity index (χ3v) is 4.16. The second kappa shape index (κ2) is 7.96. The molecule has 1 saturated carbocycles. The van der Waals surface area contributed by atoms with Crippen LogP contribution in [0.4, 0.5) is 5.82 Å². The lowest BCUT2D eigenvalue weighted by atomic mass is 10.1. The molecular formula is C16H26N4O. The van der Waals surface area contributed by atoms with E-state index in [1.165, 1.54) is 32.0 Å². The van der Waals surface area contributed by atoms with Crippen LogP contribution >= 0.6 is 0 Å². The molecule has 21 heavy (non-hydrogen) atoms. The number of carbonyl (C=O) groups excluding carboxylic acids is 1. The topological polar surface area (TPSA) is 58.1 Å². The molecular weight excluding hydrogens is 264 g/mol. The highest BCUT2D eigenvalue weighted by molar-refractivity contribution is 5.93. The summed E-state index contributed by atoms with van der Waals surface area (Å²) < 4.78 is 0. The quantitative estimate of drug-likeness (QED) is 0.847. The van der Waals surface area contributed by atoms with Gasteiger partial charge in [-0.3, -0.25) is 4.79 Å². The predicted octanol–water partition coefficient (Wildman–Crippen LogP) is 2.78. The molecule has 0 radical (unpaired) electrons. The Hall–Kier alpha value is -1.65. The fraction of sp³-hybridized carbons (Fsp3) is 0.688.